The molecule has 2 aromatic rings. The molecule has 0 saturated carbocycles. The average Bonchev–Trinajstić information content (AvgIpc) is 2.96. The fourth-order valence-corrected chi connectivity index (χ4v) is 2.21. The summed E-state index contributed by atoms with van der Waals surface area (Å²) in [6.07, 6.45) is -0.0812. The third kappa shape index (κ3) is 2.13. The van der Waals surface area contributed by atoms with Gasteiger partial charge in [-0.1, -0.05) is 35.0 Å². The minimum absolute atomic E-state index is 0.0377. The first kappa shape index (κ1) is 11.9. The maximum absolute atomic E-state index is 11.6. The lowest BCUT2D eigenvalue weighted by Crippen LogP contribution is -2.23. The number of aromatic nitrogens is 1. The largest absolute Gasteiger partial charge is 0.338 e. The van der Waals surface area contributed by atoms with Gasteiger partial charge in [-0.25, -0.2) is 0 Å². The second-order valence-corrected chi connectivity index (χ2v) is 4.63. The number of amides is 1. The Morgan fingerprint density at radius 1 is 1.26 bits per heavy atom. The predicted octanol–water partition coefficient (Wildman–Crippen LogP) is 2.30. The zero-order chi connectivity index (χ0) is 13.4. The molecule has 1 aliphatic rings. The third-order valence-corrected chi connectivity index (χ3v) is 3.23. The van der Waals surface area contributed by atoms with Gasteiger partial charge in [0, 0.05) is 11.6 Å². The molecule has 0 unspecified atom stereocenters. The van der Waals surface area contributed by atoms with Gasteiger partial charge in [-0.05, 0) is 6.07 Å². The van der Waals surface area contributed by atoms with Crippen LogP contribution in [0.5, 0.6) is 0 Å². The molecule has 3 rings (SSSR count). The minimum Gasteiger partial charge on any atom is -0.338 e. The van der Waals surface area contributed by atoms with Crippen LogP contribution in [0.4, 0.5) is 5.88 Å². The maximum atomic E-state index is 11.6. The predicted molar refractivity (Wildman–Crippen MR) is 68.9 cm³/mol. The summed E-state index contributed by atoms with van der Waals surface area (Å²) in [6, 6.07) is 8.81. The molecular formula is C13H9ClN2O3. The summed E-state index contributed by atoms with van der Waals surface area (Å²) in [5.74, 6) is -0.127. The number of benzene rings is 1. The molecule has 1 aromatic heterocycles. The Balaban J connectivity index is 1.94. The van der Waals surface area contributed by atoms with E-state index in [1.54, 1.807) is 18.2 Å². The van der Waals surface area contributed by atoms with Gasteiger partial charge in [0.15, 0.2) is 5.78 Å². The van der Waals surface area contributed by atoms with Gasteiger partial charge in [0.25, 0.3) is 0 Å². The summed E-state index contributed by atoms with van der Waals surface area (Å²) in [4.78, 5) is 24.1. The lowest BCUT2D eigenvalue weighted by molar-refractivity contribution is -0.121. The number of carbonyl (C=O) groups is 2. The van der Waals surface area contributed by atoms with Gasteiger partial charge in [0.1, 0.15) is 5.69 Å². The maximum Gasteiger partial charge on any atom is 0.237 e. The number of halogens is 1. The Hall–Kier alpha value is -2.14. The van der Waals surface area contributed by atoms with E-state index in [9.17, 15) is 9.59 Å². The molecule has 2 heterocycles. The van der Waals surface area contributed by atoms with Crippen molar-refractivity contribution in [1.29, 1.82) is 0 Å². The van der Waals surface area contributed by atoms with Gasteiger partial charge in [0.05, 0.1) is 18.0 Å². The van der Waals surface area contributed by atoms with Crippen LogP contribution in [0.3, 0.4) is 0 Å². The highest BCUT2D eigenvalue weighted by Gasteiger charge is 2.31. The quantitative estimate of drug-likeness (QED) is 0.790. The molecule has 1 fully saturated rings. The van der Waals surface area contributed by atoms with E-state index >= 15 is 0 Å². The van der Waals surface area contributed by atoms with Crippen molar-refractivity contribution in [3.8, 4) is 11.3 Å². The first-order chi connectivity index (χ1) is 9.15. The fraction of sp³-hybridized carbons (Fsp3) is 0.154. The van der Waals surface area contributed by atoms with E-state index in [1.165, 1.54) is 4.90 Å². The number of rotatable bonds is 2. The van der Waals surface area contributed by atoms with Gasteiger partial charge in [-0.15, -0.1) is 0 Å². The monoisotopic (exact) mass is 276 g/mol. The Labute approximate surface area is 113 Å². The molecule has 5 nitrogen and oxygen atoms in total. The smallest absolute Gasteiger partial charge is 0.237 e. The van der Waals surface area contributed by atoms with Crippen molar-refractivity contribution in [1.82, 2.24) is 5.16 Å². The minimum atomic E-state index is -0.271. The lowest BCUT2D eigenvalue weighted by Gasteiger charge is -2.07. The van der Waals surface area contributed by atoms with Gasteiger partial charge < -0.3 is 4.52 Å². The normalized spacial score (nSPS) is 15.3. The van der Waals surface area contributed by atoms with Crippen LogP contribution in [0, 0.1) is 0 Å². The summed E-state index contributed by atoms with van der Waals surface area (Å²) < 4.78 is 5.12. The summed E-state index contributed by atoms with van der Waals surface area (Å²) in [5, 5.41) is 4.43. The highest BCUT2D eigenvalue weighted by molar-refractivity contribution is 6.33. The summed E-state index contributed by atoms with van der Waals surface area (Å²) in [6.45, 7) is 0.0377. The van der Waals surface area contributed by atoms with E-state index in [0.29, 0.717) is 10.7 Å². The number of hydrogen-bond donors (Lipinski definition) is 0. The summed E-state index contributed by atoms with van der Waals surface area (Å²) >= 11 is 6.06. The van der Waals surface area contributed by atoms with E-state index in [0.717, 1.165) is 5.56 Å². The molecule has 19 heavy (non-hydrogen) atoms. The van der Waals surface area contributed by atoms with E-state index in [4.69, 9.17) is 16.1 Å². The van der Waals surface area contributed by atoms with Crippen LogP contribution in [-0.2, 0) is 9.59 Å². The molecular weight excluding hydrogens is 268 g/mol. The lowest BCUT2D eigenvalue weighted by atomic mass is 10.1. The van der Waals surface area contributed by atoms with Crippen LogP contribution < -0.4 is 4.90 Å². The molecule has 0 aliphatic carbocycles. The van der Waals surface area contributed by atoms with E-state index < -0.39 is 0 Å². The molecule has 1 aliphatic heterocycles. The molecule has 0 bridgehead atoms. The van der Waals surface area contributed by atoms with Crippen molar-refractivity contribution < 1.29 is 14.1 Å². The number of hydrogen-bond acceptors (Lipinski definition) is 4. The Bertz CT molecular complexity index is 665. The molecule has 0 N–H and O–H groups in total. The molecule has 1 amide bonds. The molecule has 6 heteroatoms. The Morgan fingerprint density at radius 3 is 2.74 bits per heavy atom. The average molecular weight is 277 g/mol. The van der Waals surface area contributed by atoms with Crippen molar-refractivity contribution in [3.63, 3.8) is 0 Å². The van der Waals surface area contributed by atoms with E-state index in [1.807, 2.05) is 12.1 Å². The number of nitrogens with zero attached hydrogens (tertiary/aromatic N) is 2. The molecule has 1 saturated heterocycles. The highest BCUT2D eigenvalue weighted by Crippen LogP contribution is 2.30. The second kappa shape index (κ2) is 4.51. The first-order valence-corrected chi connectivity index (χ1v) is 6.06. The van der Waals surface area contributed by atoms with Crippen LogP contribution >= 0.6 is 11.6 Å². The standard InChI is InChI=1S/C13H9ClN2O3/c14-10-4-2-1-3-9(10)11-6-13(19-15-11)16-7-8(17)5-12(16)18/h1-4,6H,5,7H2. The third-order valence-electron chi connectivity index (χ3n) is 2.90. The van der Waals surface area contributed by atoms with Gasteiger partial charge >= 0.3 is 0 Å². The van der Waals surface area contributed by atoms with Crippen molar-refractivity contribution in [3.05, 3.63) is 35.4 Å². The molecule has 0 spiro atoms. The van der Waals surface area contributed by atoms with Crippen LogP contribution in [0.1, 0.15) is 6.42 Å². The van der Waals surface area contributed by atoms with E-state index in [-0.39, 0.29) is 30.5 Å². The zero-order valence-corrected chi connectivity index (χ0v) is 10.6. The fourth-order valence-electron chi connectivity index (χ4n) is 1.97. The Morgan fingerprint density at radius 2 is 2.05 bits per heavy atom. The van der Waals surface area contributed by atoms with Gasteiger partial charge in [-0.2, -0.15) is 0 Å². The van der Waals surface area contributed by atoms with Crippen molar-refractivity contribution in [2.75, 3.05) is 11.4 Å². The van der Waals surface area contributed by atoms with Crippen LogP contribution in [-0.4, -0.2) is 23.4 Å². The van der Waals surface area contributed by atoms with Gasteiger partial charge in [0.2, 0.25) is 11.8 Å². The molecule has 96 valence electrons. The molecule has 0 atom stereocenters. The van der Waals surface area contributed by atoms with Crippen molar-refractivity contribution in [2.45, 2.75) is 6.42 Å². The van der Waals surface area contributed by atoms with Crippen molar-refractivity contribution in [2.24, 2.45) is 0 Å². The molecule has 0 radical (unpaired) electrons. The first-order valence-electron chi connectivity index (χ1n) is 5.69. The number of anilines is 1. The van der Waals surface area contributed by atoms with Crippen LogP contribution in [0.2, 0.25) is 5.02 Å². The summed E-state index contributed by atoms with van der Waals surface area (Å²) in [7, 11) is 0. The van der Waals surface area contributed by atoms with Crippen LogP contribution in [0.15, 0.2) is 34.9 Å². The zero-order valence-electron chi connectivity index (χ0n) is 9.80. The SMILES string of the molecule is O=C1CC(=O)N(c2cc(-c3ccccc3Cl)no2)C1. The highest BCUT2D eigenvalue weighted by atomic mass is 35.5. The Kier molecular flexibility index (Phi) is 2.83. The summed E-state index contributed by atoms with van der Waals surface area (Å²) in [5.41, 5.74) is 1.25. The molecule has 1 aromatic carbocycles. The number of Topliss-reactive ketones (excluding diaryl/α,β-unsaturated/α-hetero) is 1. The topological polar surface area (TPSA) is 63.4 Å². The number of carbonyl (C=O) groups excluding carboxylic acids is 2. The second-order valence-electron chi connectivity index (χ2n) is 4.23. The number of ketones is 1. The van der Waals surface area contributed by atoms with Crippen LogP contribution in [0.25, 0.3) is 11.3 Å². The van der Waals surface area contributed by atoms with E-state index in [2.05, 4.69) is 5.16 Å². The van der Waals surface area contributed by atoms with Gasteiger partial charge in [-0.3, -0.25) is 14.5 Å². The van der Waals surface area contributed by atoms with Crippen molar-refractivity contribution >= 4 is 29.2 Å².